The third kappa shape index (κ3) is 3.41. The van der Waals surface area contributed by atoms with E-state index in [0.717, 1.165) is 14.6 Å². The zero-order valence-corrected chi connectivity index (χ0v) is 16.1. The van der Waals surface area contributed by atoms with Gasteiger partial charge in [0.15, 0.2) is 5.82 Å². The van der Waals surface area contributed by atoms with Gasteiger partial charge in [0.05, 0.1) is 17.8 Å². The highest BCUT2D eigenvalue weighted by molar-refractivity contribution is 9.10. The molecule has 4 rings (SSSR count). The van der Waals surface area contributed by atoms with Crippen molar-refractivity contribution in [2.75, 3.05) is 0 Å². The number of hydrogen-bond acceptors (Lipinski definition) is 5. The van der Waals surface area contributed by atoms with Gasteiger partial charge in [0.1, 0.15) is 0 Å². The van der Waals surface area contributed by atoms with Crippen molar-refractivity contribution in [3.63, 3.8) is 0 Å². The maximum Gasteiger partial charge on any atom is 0.357 e. The SMILES string of the molecule is O=c1nc2n(Cc3cnc(Cl)nc3)cccc-2c(=O)n1-c1ccc(Br)cc1. The van der Waals surface area contributed by atoms with E-state index in [1.807, 2.05) is 0 Å². The lowest BCUT2D eigenvalue weighted by Gasteiger charge is -2.15. The first-order valence-electron chi connectivity index (χ1n) is 7.87. The van der Waals surface area contributed by atoms with E-state index in [4.69, 9.17) is 11.6 Å². The molecule has 0 fully saturated rings. The van der Waals surface area contributed by atoms with Crippen LogP contribution in [0.15, 0.2) is 69.1 Å². The van der Waals surface area contributed by atoms with E-state index in [-0.39, 0.29) is 5.28 Å². The molecule has 0 spiro atoms. The Labute approximate surface area is 166 Å². The highest BCUT2D eigenvalue weighted by Gasteiger charge is 2.18. The summed E-state index contributed by atoms with van der Waals surface area (Å²) in [7, 11) is 0. The fourth-order valence-electron chi connectivity index (χ4n) is 2.75. The van der Waals surface area contributed by atoms with Gasteiger partial charge >= 0.3 is 5.69 Å². The summed E-state index contributed by atoms with van der Waals surface area (Å²) < 4.78 is 3.62. The second kappa shape index (κ2) is 7.05. The summed E-state index contributed by atoms with van der Waals surface area (Å²) in [5, 5.41) is 0.152. The summed E-state index contributed by atoms with van der Waals surface area (Å²) in [6.07, 6.45) is 4.91. The molecule has 0 unspecified atom stereocenters. The summed E-state index contributed by atoms with van der Waals surface area (Å²) in [6, 6.07) is 10.3. The maximum absolute atomic E-state index is 12.9. The van der Waals surface area contributed by atoms with Crippen molar-refractivity contribution >= 4 is 27.5 Å². The number of rotatable bonds is 3. The Kier molecular flexibility index (Phi) is 4.59. The van der Waals surface area contributed by atoms with E-state index in [1.165, 1.54) is 0 Å². The highest BCUT2D eigenvalue weighted by Crippen LogP contribution is 2.17. The van der Waals surface area contributed by atoms with Crippen LogP contribution in [0.1, 0.15) is 5.56 Å². The number of aromatic nitrogens is 5. The van der Waals surface area contributed by atoms with Gasteiger partial charge in [0, 0.05) is 28.6 Å². The minimum atomic E-state index is -0.637. The van der Waals surface area contributed by atoms with E-state index in [9.17, 15) is 9.59 Å². The Morgan fingerprint density at radius 2 is 1.74 bits per heavy atom. The fourth-order valence-corrected chi connectivity index (χ4v) is 3.11. The molecule has 7 nitrogen and oxygen atoms in total. The quantitative estimate of drug-likeness (QED) is 0.454. The van der Waals surface area contributed by atoms with Gasteiger partial charge < -0.3 is 4.57 Å². The maximum atomic E-state index is 12.9. The van der Waals surface area contributed by atoms with Crippen LogP contribution in [0.2, 0.25) is 5.28 Å². The van der Waals surface area contributed by atoms with Crippen LogP contribution in [0, 0.1) is 0 Å². The minimum absolute atomic E-state index is 0.152. The van der Waals surface area contributed by atoms with Crippen LogP contribution in [0.5, 0.6) is 0 Å². The van der Waals surface area contributed by atoms with Gasteiger partial charge in [0.2, 0.25) is 5.28 Å². The molecule has 27 heavy (non-hydrogen) atoms. The van der Waals surface area contributed by atoms with E-state index in [2.05, 4.69) is 30.9 Å². The molecule has 0 saturated heterocycles. The number of halogens is 2. The number of pyridine rings is 1. The molecule has 0 saturated carbocycles. The largest absolute Gasteiger partial charge is 0.357 e. The van der Waals surface area contributed by atoms with Gasteiger partial charge in [-0.25, -0.2) is 19.3 Å². The van der Waals surface area contributed by atoms with Crippen LogP contribution in [-0.2, 0) is 6.54 Å². The van der Waals surface area contributed by atoms with Crippen LogP contribution in [0.25, 0.3) is 17.1 Å². The number of nitrogens with zero attached hydrogens (tertiary/aromatic N) is 5. The Bertz CT molecular complexity index is 1200. The number of hydrogen-bond donors (Lipinski definition) is 0. The monoisotopic (exact) mass is 443 g/mol. The van der Waals surface area contributed by atoms with E-state index >= 15 is 0 Å². The molecule has 2 aromatic rings. The van der Waals surface area contributed by atoms with Crippen LogP contribution in [0.4, 0.5) is 0 Å². The van der Waals surface area contributed by atoms with Crippen molar-refractivity contribution in [2.45, 2.75) is 6.54 Å². The molecule has 9 heteroatoms. The lowest BCUT2D eigenvalue weighted by Crippen LogP contribution is -2.36. The predicted octanol–water partition coefficient (Wildman–Crippen LogP) is 2.75. The highest BCUT2D eigenvalue weighted by atomic mass is 79.9. The average Bonchev–Trinajstić information content (AvgIpc) is 2.66. The third-order valence-electron chi connectivity index (χ3n) is 3.98. The lowest BCUT2D eigenvalue weighted by molar-refractivity contribution is 0.747. The van der Waals surface area contributed by atoms with Gasteiger partial charge in [-0.15, -0.1) is 0 Å². The molecule has 3 heterocycles. The van der Waals surface area contributed by atoms with Gasteiger partial charge in [-0.3, -0.25) is 4.79 Å². The first kappa shape index (κ1) is 17.6. The minimum Gasteiger partial charge on any atom is -0.328 e. The molecule has 0 N–H and O–H groups in total. The molecule has 134 valence electrons. The molecule has 0 radical (unpaired) electrons. The molecule has 1 aromatic heterocycles. The zero-order chi connectivity index (χ0) is 19.0. The number of benzene rings is 1. The van der Waals surface area contributed by atoms with Crippen molar-refractivity contribution in [3.05, 3.63) is 91.1 Å². The van der Waals surface area contributed by atoms with Crippen molar-refractivity contribution in [1.29, 1.82) is 0 Å². The molecule has 2 aliphatic heterocycles. The first-order chi connectivity index (χ1) is 13.0. The Hall–Kier alpha value is -2.84. The van der Waals surface area contributed by atoms with Gasteiger partial charge in [0.25, 0.3) is 5.56 Å². The standard InChI is InChI=1S/C18H11BrClN5O2/c19-12-3-5-13(6-4-12)25-16(26)14-2-1-7-24(15(14)23-18(25)27)10-11-8-21-17(20)22-9-11/h1-9H,10H2. The molecule has 0 atom stereocenters. The summed E-state index contributed by atoms with van der Waals surface area (Å²) in [5.41, 5.74) is 0.512. The second-order valence-corrected chi connectivity index (χ2v) is 7.00. The predicted molar refractivity (Wildman–Crippen MR) is 105 cm³/mol. The summed E-state index contributed by atoms with van der Waals surface area (Å²) in [4.78, 5) is 37.5. The van der Waals surface area contributed by atoms with E-state index < -0.39 is 11.2 Å². The average molecular weight is 445 g/mol. The Morgan fingerprint density at radius 1 is 1.04 bits per heavy atom. The number of fused-ring (bicyclic) bond motifs is 1. The van der Waals surface area contributed by atoms with Crippen molar-refractivity contribution < 1.29 is 0 Å². The summed E-state index contributed by atoms with van der Waals surface area (Å²) in [6.45, 7) is 0.350. The molecular formula is C18H11BrClN5O2. The molecule has 0 aliphatic carbocycles. The van der Waals surface area contributed by atoms with E-state index in [1.54, 1.807) is 59.6 Å². The lowest BCUT2D eigenvalue weighted by atomic mass is 10.2. The molecule has 1 aromatic carbocycles. The molecule has 2 aliphatic rings. The van der Waals surface area contributed by atoms with Crippen molar-refractivity contribution in [2.24, 2.45) is 0 Å². The van der Waals surface area contributed by atoms with Crippen LogP contribution >= 0.6 is 27.5 Å². The summed E-state index contributed by atoms with van der Waals surface area (Å²) >= 11 is 9.04. The third-order valence-corrected chi connectivity index (χ3v) is 4.70. The van der Waals surface area contributed by atoms with Crippen molar-refractivity contribution in [1.82, 2.24) is 24.1 Å². The van der Waals surface area contributed by atoms with E-state index in [0.29, 0.717) is 23.6 Å². The topological polar surface area (TPSA) is 82.7 Å². The normalized spacial score (nSPS) is 11.0. The van der Waals surface area contributed by atoms with Gasteiger partial charge in [-0.1, -0.05) is 15.9 Å². The molecule has 0 amide bonds. The van der Waals surface area contributed by atoms with Crippen LogP contribution in [0.3, 0.4) is 0 Å². The summed E-state index contributed by atoms with van der Waals surface area (Å²) in [5.74, 6) is 0.302. The van der Waals surface area contributed by atoms with Gasteiger partial charge in [-0.05, 0) is 48.0 Å². The zero-order valence-electron chi connectivity index (χ0n) is 13.7. The van der Waals surface area contributed by atoms with Crippen LogP contribution in [-0.4, -0.2) is 24.1 Å². The molecule has 0 bridgehead atoms. The smallest absolute Gasteiger partial charge is 0.328 e. The van der Waals surface area contributed by atoms with Gasteiger partial charge in [-0.2, -0.15) is 4.98 Å². The molecular weight excluding hydrogens is 434 g/mol. The second-order valence-electron chi connectivity index (χ2n) is 5.75. The van der Waals surface area contributed by atoms with Crippen molar-refractivity contribution in [3.8, 4) is 17.1 Å². The fraction of sp³-hybridized carbons (Fsp3) is 0.0556. The Balaban J connectivity index is 1.85. The van der Waals surface area contributed by atoms with Crippen LogP contribution < -0.4 is 11.2 Å². The first-order valence-corrected chi connectivity index (χ1v) is 9.04. The Morgan fingerprint density at radius 3 is 2.44 bits per heavy atom.